The van der Waals surface area contributed by atoms with Gasteiger partial charge in [-0.05, 0) is 14.0 Å². The van der Waals surface area contributed by atoms with Crippen LogP contribution in [0.25, 0.3) is 0 Å². The molecule has 1 aliphatic rings. The van der Waals surface area contributed by atoms with Crippen LogP contribution in [0.2, 0.25) is 0 Å². The first-order valence-electron chi connectivity index (χ1n) is 3.66. The van der Waals surface area contributed by atoms with E-state index in [2.05, 4.69) is 10.2 Å². The molecule has 3 nitrogen and oxygen atoms in total. The van der Waals surface area contributed by atoms with Gasteiger partial charge < -0.3 is 10.2 Å². The zero-order valence-electron chi connectivity index (χ0n) is 6.55. The fourth-order valence-electron chi connectivity index (χ4n) is 1.24. The number of nitrogens with zero attached hydrogens (tertiary/aromatic N) is 1. The van der Waals surface area contributed by atoms with Crippen molar-refractivity contribution in [3.63, 3.8) is 0 Å². The molecule has 0 aliphatic carbocycles. The molecular formula is C7H14N2O. The Kier molecular flexibility index (Phi) is 2.27. The fourth-order valence-corrected chi connectivity index (χ4v) is 1.24. The van der Waals surface area contributed by atoms with E-state index in [9.17, 15) is 4.79 Å². The molecule has 0 aromatic carbocycles. The Morgan fingerprint density at radius 2 is 2.40 bits per heavy atom. The fraction of sp³-hybridized carbons (Fsp3) is 0.857. The molecule has 0 spiro atoms. The number of hydrogen-bond donors (Lipinski definition) is 1. The molecule has 0 saturated carbocycles. The van der Waals surface area contributed by atoms with Crippen molar-refractivity contribution in [2.45, 2.75) is 19.4 Å². The third kappa shape index (κ3) is 1.99. The van der Waals surface area contributed by atoms with Crippen LogP contribution >= 0.6 is 0 Å². The molecule has 1 heterocycles. The van der Waals surface area contributed by atoms with Crippen LogP contribution in [0.3, 0.4) is 0 Å². The topological polar surface area (TPSA) is 32.3 Å². The van der Waals surface area contributed by atoms with Crippen molar-refractivity contribution in [1.82, 2.24) is 10.2 Å². The number of rotatable bonds is 0. The molecule has 1 aliphatic heterocycles. The first kappa shape index (κ1) is 7.54. The van der Waals surface area contributed by atoms with E-state index >= 15 is 0 Å². The predicted molar refractivity (Wildman–Crippen MR) is 39.7 cm³/mol. The van der Waals surface area contributed by atoms with Crippen molar-refractivity contribution in [2.24, 2.45) is 0 Å². The average molecular weight is 142 g/mol. The third-order valence-corrected chi connectivity index (χ3v) is 1.71. The Morgan fingerprint density at radius 1 is 1.70 bits per heavy atom. The summed E-state index contributed by atoms with van der Waals surface area (Å²) < 4.78 is 0. The highest BCUT2D eigenvalue weighted by Gasteiger charge is 2.14. The van der Waals surface area contributed by atoms with Crippen LogP contribution in [-0.4, -0.2) is 37.0 Å². The molecular weight excluding hydrogens is 128 g/mol. The normalized spacial score (nSPS) is 29.4. The molecule has 3 heteroatoms. The van der Waals surface area contributed by atoms with Crippen LogP contribution in [-0.2, 0) is 4.79 Å². The molecule has 58 valence electrons. The van der Waals surface area contributed by atoms with E-state index in [1.54, 1.807) is 0 Å². The quantitative estimate of drug-likeness (QED) is 0.509. The number of carbonyl (C=O) groups excluding carboxylic acids is 1. The second-order valence-electron chi connectivity index (χ2n) is 2.98. The highest BCUT2D eigenvalue weighted by molar-refractivity contribution is 5.76. The van der Waals surface area contributed by atoms with Gasteiger partial charge in [0.1, 0.15) is 0 Å². The van der Waals surface area contributed by atoms with Crippen LogP contribution in [0.1, 0.15) is 13.3 Å². The number of likely N-dealkylation sites (N-methyl/N-ethyl adjacent to an activating group) is 1. The monoisotopic (exact) mass is 142 g/mol. The molecule has 0 radical (unpaired) electrons. The van der Waals surface area contributed by atoms with Gasteiger partial charge in [0, 0.05) is 25.6 Å². The zero-order valence-corrected chi connectivity index (χ0v) is 6.55. The van der Waals surface area contributed by atoms with Gasteiger partial charge in [0.25, 0.3) is 0 Å². The van der Waals surface area contributed by atoms with Gasteiger partial charge in [-0.25, -0.2) is 0 Å². The van der Waals surface area contributed by atoms with Crippen LogP contribution in [0.15, 0.2) is 0 Å². The molecule has 0 bridgehead atoms. The van der Waals surface area contributed by atoms with Gasteiger partial charge >= 0.3 is 0 Å². The van der Waals surface area contributed by atoms with Crippen LogP contribution in [0.5, 0.6) is 0 Å². The lowest BCUT2D eigenvalue weighted by molar-refractivity contribution is -0.121. The molecule has 1 rings (SSSR count). The minimum absolute atomic E-state index is 0.178. The molecule has 1 unspecified atom stereocenters. The summed E-state index contributed by atoms with van der Waals surface area (Å²) in [4.78, 5) is 13.1. The van der Waals surface area contributed by atoms with Gasteiger partial charge in [0.2, 0.25) is 5.91 Å². The third-order valence-electron chi connectivity index (χ3n) is 1.71. The molecule has 1 amide bonds. The predicted octanol–water partition coefficient (Wildman–Crippen LogP) is -0.173. The Morgan fingerprint density at radius 3 is 3.10 bits per heavy atom. The lowest BCUT2D eigenvalue weighted by atomic mass is 10.3. The summed E-state index contributed by atoms with van der Waals surface area (Å²) in [5.74, 6) is 0.178. The van der Waals surface area contributed by atoms with E-state index in [-0.39, 0.29) is 5.91 Å². The molecule has 1 saturated heterocycles. The van der Waals surface area contributed by atoms with Crippen molar-refractivity contribution < 1.29 is 4.79 Å². The van der Waals surface area contributed by atoms with E-state index < -0.39 is 0 Å². The maximum atomic E-state index is 10.9. The Balaban J connectivity index is 2.46. The van der Waals surface area contributed by atoms with Crippen molar-refractivity contribution in [3.8, 4) is 0 Å². The Hall–Kier alpha value is -0.570. The highest BCUT2D eigenvalue weighted by Crippen LogP contribution is 1.96. The van der Waals surface area contributed by atoms with Crippen LogP contribution in [0.4, 0.5) is 0 Å². The second kappa shape index (κ2) is 3.01. The molecule has 1 atom stereocenters. The summed E-state index contributed by atoms with van der Waals surface area (Å²) >= 11 is 0. The van der Waals surface area contributed by atoms with E-state index in [1.807, 2.05) is 14.0 Å². The summed E-state index contributed by atoms with van der Waals surface area (Å²) in [7, 11) is 2.04. The highest BCUT2D eigenvalue weighted by atomic mass is 16.1. The minimum atomic E-state index is 0.178. The SMILES string of the molecule is CC1CN(C)CCC(=O)N1. The van der Waals surface area contributed by atoms with Gasteiger partial charge in [-0.15, -0.1) is 0 Å². The van der Waals surface area contributed by atoms with Gasteiger partial charge in [-0.3, -0.25) is 4.79 Å². The van der Waals surface area contributed by atoms with Crippen LogP contribution < -0.4 is 5.32 Å². The maximum Gasteiger partial charge on any atom is 0.221 e. The Labute approximate surface area is 61.4 Å². The summed E-state index contributed by atoms with van der Waals surface area (Å²) in [5, 5.41) is 2.89. The van der Waals surface area contributed by atoms with E-state index in [1.165, 1.54) is 0 Å². The lowest BCUT2D eigenvalue weighted by Gasteiger charge is -2.15. The molecule has 1 N–H and O–H groups in total. The van der Waals surface area contributed by atoms with E-state index in [4.69, 9.17) is 0 Å². The van der Waals surface area contributed by atoms with Gasteiger partial charge in [-0.2, -0.15) is 0 Å². The number of carbonyl (C=O) groups is 1. The van der Waals surface area contributed by atoms with Gasteiger partial charge in [0.15, 0.2) is 0 Å². The summed E-state index contributed by atoms with van der Waals surface area (Å²) in [6, 6.07) is 0.306. The standard InChI is InChI=1S/C7H14N2O/c1-6-5-9(2)4-3-7(10)8-6/h6H,3-5H2,1-2H3,(H,8,10). The second-order valence-corrected chi connectivity index (χ2v) is 2.98. The molecule has 10 heavy (non-hydrogen) atoms. The summed E-state index contributed by atoms with van der Waals surface area (Å²) in [6.07, 6.45) is 0.640. The first-order chi connectivity index (χ1) is 4.68. The van der Waals surface area contributed by atoms with Crippen molar-refractivity contribution in [1.29, 1.82) is 0 Å². The summed E-state index contributed by atoms with van der Waals surface area (Å²) in [6.45, 7) is 3.88. The largest absolute Gasteiger partial charge is 0.352 e. The van der Waals surface area contributed by atoms with Crippen molar-refractivity contribution in [2.75, 3.05) is 20.1 Å². The maximum absolute atomic E-state index is 10.9. The zero-order chi connectivity index (χ0) is 7.56. The molecule has 1 fully saturated rings. The number of hydrogen-bond acceptors (Lipinski definition) is 2. The van der Waals surface area contributed by atoms with E-state index in [0.717, 1.165) is 13.1 Å². The van der Waals surface area contributed by atoms with Crippen LogP contribution in [0, 0.1) is 0 Å². The first-order valence-corrected chi connectivity index (χ1v) is 3.66. The lowest BCUT2D eigenvalue weighted by Crippen LogP contribution is -2.35. The smallest absolute Gasteiger partial charge is 0.221 e. The Bertz CT molecular complexity index is 136. The van der Waals surface area contributed by atoms with E-state index in [0.29, 0.717) is 12.5 Å². The van der Waals surface area contributed by atoms with Crippen molar-refractivity contribution >= 4 is 5.91 Å². The average Bonchev–Trinajstić information content (AvgIpc) is 1.93. The number of amides is 1. The molecule has 0 aromatic heterocycles. The summed E-state index contributed by atoms with van der Waals surface area (Å²) in [5.41, 5.74) is 0. The number of nitrogens with one attached hydrogen (secondary N) is 1. The van der Waals surface area contributed by atoms with Gasteiger partial charge in [-0.1, -0.05) is 0 Å². The minimum Gasteiger partial charge on any atom is -0.352 e. The van der Waals surface area contributed by atoms with Gasteiger partial charge in [0.05, 0.1) is 0 Å². The van der Waals surface area contributed by atoms with Crippen molar-refractivity contribution in [3.05, 3.63) is 0 Å². The molecule has 0 aromatic rings.